The standard InChI is InChI=1S/C12H26N2O/c1-10(9-14(2)3)13-11-7-5-6-8-12(11)15-4/h10-13H,5-9H2,1-4H3. The average Bonchev–Trinajstić information content (AvgIpc) is 2.17. The normalized spacial score (nSPS) is 29.4. The van der Waals surface area contributed by atoms with Crippen molar-refractivity contribution in [3.8, 4) is 0 Å². The van der Waals surface area contributed by atoms with Gasteiger partial charge in [0.2, 0.25) is 0 Å². The van der Waals surface area contributed by atoms with Gasteiger partial charge in [-0.25, -0.2) is 0 Å². The van der Waals surface area contributed by atoms with Gasteiger partial charge in [-0.1, -0.05) is 12.8 Å². The molecule has 0 aromatic carbocycles. The maximum atomic E-state index is 5.53. The molecule has 1 saturated carbocycles. The monoisotopic (exact) mass is 214 g/mol. The van der Waals surface area contributed by atoms with Crippen molar-refractivity contribution < 1.29 is 4.74 Å². The van der Waals surface area contributed by atoms with Gasteiger partial charge in [0.25, 0.3) is 0 Å². The molecule has 1 fully saturated rings. The summed E-state index contributed by atoms with van der Waals surface area (Å²) in [5, 5.41) is 3.68. The largest absolute Gasteiger partial charge is 0.380 e. The fraction of sp³-hybridized carbons (Fsp3) is 1.00. The number of hydrogen-bond donors (Lipinski definition) is 1. The zero-order chi connectivity index (χ0) is 11.3. The van der Waals surface area contributed by atoms with Crippen molar-refractivity contribution >= 4 is 0 Å². The van der Waals surface area contributed by atoms with Crippen LogP contribution in [0.1, 0.15) is 32.6 Å². The lowest BCUT2D eigenvalue weighted by atomic mass is 9.92. The molecule has 1 rings (SSSR count). The van der Waals surface area contributed by atoms with Crippen molar-refractivity contribution in [1.29, 1.82) is 0 Å². The summed E-state index contributed by atoms with van der Waals surface area (Å²) in [5.41, 5.74) is 0. The van der Waals surface area contributed by atoms with Gasteiger partial charge in [-0.3, -0.25) is 0 Å². The molecule has 1 aliphatic carbocycles. The summed E-state index contributed by atoms with van der Waals surface area (Å²) >= 11 is 0. The Labute approximate surface area is 94.2 Å². The van der Waals surface area contributed by atoms with Gasteiger partial charge in [0.05, 0.1) is 6.10 Å². The Morgan fingerprint density at radius 1 is 1.33 bits per heavy atom. The first kappa shape index (κ1) is 12.9. The fourth-order valence-electron chi connectivity index (χ4n) is 2.54. The number of ether oxygens (including phenoxy) is 1. The van der Waals surface area contributed by atoms with Gasteiger partial charge in [-0.15, -0.1) is 0 Å². The first-order valence-electron chi connectivity index (χ1n) is 6.07. The van der Waals surface area contributed by atoms with Gasteiger partial charge in [0, 0.05) is 25.7 Å². The molecular formula is C12H26N2O. The summed E-state index contributed by atoms with van der Waals surface area (Å²) in [6, 6.07) is 1.10. The minimum atomic E-state index is 0.420. The number of nitrogens with one attached hydrogen (secondary N) is 1. The molecule has 90 valence electrons. The second-order valence-electron chi connectivity index (χ2n) is 5.00. The number of hydrogen-bond acceptors (Lipinski definition) is 3. The zero-order valence-corrected chi connectivity index (χ0v) is 10.6. The minimum absolute atomic E-state index is 0.420. The van der Waals surface area contributed by atoms with E-state index in [0.29, 0.717) is 18.2 Å². The summed E-state index contributed by atoms with van der Waals surface area (Å²) < 4.78 is 5.53. The van der Waals surface area contributed by atoms with Crippen molar-refractivity contribution in [3.05, 3.63) is 0 Å². The van der Waals surface area contributed by atoms with E-state index >= 15 is 0 Å². The van der Waals surface area contributed by atoms with Crippen LogP contribution < -0.4 is 5.32 Å². The van der Waals surface area contributed by atoms with Crippen LogP contribution in [-0.4, -0.2) is 50.8 Å². The molecule has 0 aromatic heterocycles. The molecule has 0 bridgehead atoms. The van der Waals surface area contributed by atoms with E-state index in [1.807, 2.05) is 7.11 Å². The van der Waals surface area contributed by atoms with E-state index in [4.69, 9.17) is 4.74 Å². The van der Waals surface area contributed by atoms with Gasteiger partial charge >= 0.3 is 0 Å². The van der Waals surface area contributed by atoms with Crippen LogP contribution in [0.15, 0.2) is 0 Å². The lowest BCUT2D eigenvalue weighted by Crippen LogP contribution is -2.49. The number of methoxy groups -OCH3 is 1. The first-order valence-corrected chi connectivity index (χ1v) is 6.07. The van der Waals surface area contributed by atoms with E-state index in [2.05, 4.69) is 31.2 Å². The summed E-state index contributed by atoms with van der Waals surface area (Å²) in [7, 11) is 6.07. The number of nitrogens with zero attached hydrogens (tertiary/aromatic N) is 1. The summed E-state index contributed by atoms with van der Waals surface area (Å²) in [6.45, 7) is 3.34. The van der Waals surface area contributed by atoms with Crippen molar-refractivity contribution in [3.63, 3.8) is 0 Å². The molecular weight excluding hydrogens is 188 g/mol. The highest BCUT2D eigenvalue weighted by molar-refractivity contribution is 4.84. The molecule has 1 aliphatic rings. The van der Waals surface area contributed by atoms with Crippen LogP contribution in [0.25, 0.3) is 0 Å². The van der Waals surface area contributed by atoms with Crippen molar-refractivity contribution in [2.45, 2.75) is 50.8 Å². The van der Waals surface area contributed by atoms with E-state index < -0.39 is 0 Å². The highest BCUT2D eigenvalue weighted by Crippen LogP contribution is 2.21. The van der Waals surface area contributed by atoms with Gasteiger partial charge in [0.15, 0.2) is 0 Å². The number of likely N-dealkylation sites (N-methyl/N-ethyl adjacent to an activating group) is 1. The Morgan fingerprint density at radius 2 is 2.00 bits per heavy atom. The highest BCUT2D eigenvalue weighted by atomic mass is 16.5. The molecule has 3 atom stereocenters. The molecule has 15 heavy (non-hydrogen) atoms. The van der Waals surface area contributed by atoms with Crippen molar-refractivity contribution in [2.24, 2.45) is 0 Å². The third-order valence-corrected chi connectivity index (χ3v) is 3.14. The lowest BCUT2D eigenvalue weighted by molar-refractivity contribution is 0.0373. The predicted molar refractivity (Wildman–Crippen MR) is 64.2 cm³/mol. The SMILES string of the molecule is COC1CCCCC1NC(C)CN(C)C. The van der Waals surface area contributed by atoms with Crippen LogP contribution in [0.5, 0.6) is 0 Å². The number of rotatable bonds is 5. The summed E-state index contributed by atoms with van der Waals surface area (Å²) in [4.78, 5) is 2.22. The Balaban J connectivity index is 2.33. The maximum absolute atomic E-state index is 5.53. The molecule has 0 heterocycles. The second-order valence-corrected chi connectivity index (χ2v) is 5.00. The van der Waals surface area contributed by atoms with E-state index in [1.54, 1.807) is 0 Å². The van der Waals surface area contributed by atoms with Crippen molar-refractivity contribution in [1.82, 2.24) is 10.2 Å². The lowest BCUT2D eigenvalue weighted by Gasteiger charge is -2.34. The third-order valence-electron chi connectivity index (χ3n) is 3.14. The van der Waals surface area contributed by atoms with Gasteiger partial charge in [-0.2, -0.15) is 0 Å². The Kier molecular flexibility index (Phi) is 5.58. The predicted octanol–water partition coefficient (Wildman–Crippen LogP) is 1.48. The van der Waals surface area contributed by atoms with Gasteiger partial charge in [-0.05, 0) is 33.9 Å². The highest BCUT2D eigenvalue weighted by Gasteiger charge is 2.25. The van der Waals surface area contributed by atoms with Crippen LogP contribution in [0.3, 0.4) is 0 Å². The van der Waals surface area contributed by atoms with E-state index in [0.717, 1.165) is 6.54 Å². The zero-order valence-electron chi connectivity index (χ0n) is 10.6. The second kappa shape index (κ2) is 6.46. The quantitative estimate of drug-likeness (QED) is 0.750. The Hall–Kier alpha value is -0.120. The molecule has 0 radical (unpaired) electrons. The molecule has 3 heteroatoms. The van der Waals surface area contributed by atoms with Crippen LogP contribution in [0, 0.1) is 0 Å². The maximum Gasteiger partial charge on any atom is 0.0724 e. The molecule has 0 amide bonds. The summed E-state index contributed by atoms with van der Waals surface area (Å²) in [5.74, 6) is 0. The summed E-state index contributed by atoms with van der Waals surface area (Å²) in [6.07, 6.45) is 5.55. The Bertz CT molecular complexity index is 173. The van der Waals surface area contributed by atoms with Crippen LogP contribution in [-0.2, 0) is 4.74 Å². The topological polar surface area (TPSA) is 24.5 Å². The molecule has 3 unspecified atom stereocenters. The van der Waals surface area contributed by atoms with Gasteiger partial charge in [0.1, 0.15) is 0 Å². The minimum Gasteiger partial charge on any atom is -0.380 e. The van der Waals surface area contributed by atoms with E-state index in [9.17, 15) is 0 Å². The van der Waals surface area contributed by atoms with Gasteiger partial charge < -0.3 is 15.0 Å². The average molecular weight is 214 g/mol. The fourth-order valence-corrected chi connectivity index (χ4v) is 2.54. The molecule has 3 nitrogen and oxygen atoms in total. The van der Waals surface area contributed by atoms with E-state index in [1.165, 1.54) is 25.7 Å². The first-order chi connectivity index (χ1) is 7.13. The van der Waals surface area contributed by atoms with Crippen LogP contribution in [0.2, 0.25) is 0 Å². The van der Waals surface area contributed by atoms with Crippen LogP contribution >= 0.6 is 0 Å². The molecule has 0 saturated heterocycles. The van der Waals surface area contributed by atoms with E-state index in [-0.39, 0.29) is 0 Å². The molecule has 0 spiro atoms. The molecule has 0 aliphatic heterocycles. The molecule has 1 N–H and O–H groups in total. The van der Waals surface area contributed by atoms with Crippen molar-refractivity contribution in [2.75, 3.05) is 27.7 Å². The van der Waals surface area contributed by atoms with Crippen LogP contribution in [0.4, 0.5) is 0 Å². The smallest absolute Gasteiger partial charge is 0.0724 e. The Morgan fingerprint density at radius 3 is 2.60 bits per heavy atom. The third kappa shape index (κ3) is 4.49. The molecule has 0 aromatic rings.